The van der Waals surface area contributed by atoms with E-state index in [0.29, 0.717) is 12.6 Å². The van der Waals surface area contributed by atoms with Crippen LogP contribution in [0.5, 0.6) is 0 Å². The number of benzene rings is 1. The lowest BCUT2D eigenvalue weighted by atomic mass is 10.1. The molecule has 1 aliphatic rings. The minimum Gasteiger partial charge on any atom is -0.309 e. The molecule has 2 aromatic rings. The first kappa shape index (κ1) is 14.6. The van der Waals surface area contributed by atoms with Crippen LogP contribution in [0.3, 0.4) is 0 Å². The van der Waals surface area contributed by atoms with Crippen LogP contribution in [0.15, 0.2) is 35.3 Å². The first-order valence-electron chi connectivity index (χ1n) is 7.52. The summed E-state index contributed by atoms with van der Waals surface area (Å²) in [5.74, 6) is 2.45. The highest BCUT2D eigenvalue weighted by atomic mass is 32.2. The third-order valence-electron chi connectivity index (χ3n) is 3.89. The monoisotopic (exact) mass is 303 g/mol. The standard InChI is InChI=1S/C16H21N3OS/c1-12(18-14-6-4-8-21-11-14)10-19-16(20)15-7-3-2-5-13(15)9-17-19/h2-3,5,7,9,12,14,18H,4,6,8,10-11H2,1H3/t12-,14+/m1/s1. The van der Waals surface area contributed by atoms with E-state index in [1.807, 2.05) is 36.0 Å². The molecule has 0 amide bonds. The van der Waals surface area contributed by atoms with E-state index in [2.05, 4.69) is 17.3 Å². The van der Waals surface area contributed by atoms with Gasteiger partial charge in [-0.2, -0.15) is 16.9 Å². The molecule has 112 valence electrons. The van der Waals surface area contributed by atoms with Crippen molar-refractivity contribution in [2.75, 3.05) is 11.5 Å². The van der Waals surface area contributed by atoms with Gasteiger partial charge in [0.15, 0.2) is 0 Å². The van der Waals surface area contributed by atoms with E-state index in [-0.39, 0.29) is 11.6 Å². The highest BCUT2D eigenvalue weighted by Gasteiger charge is 2.16. The molecule has 1 fully saturated rings. The number of nitrogens with zero attached hydrogens (tertiary/aromatic N) is 2. The average Bonchev–Trinajstić information content (AvgIpc) is 2.51. The third kappa shape index (κ3) is 3.47. The van der Waals surface area contributed by atoms with Crippen molar-refractivity contribution in [1.82, 2.24) is 15.1 Å². The first-order valence-corrected chi connectivity index (χ1v) is 8.68. The van der Waals surface area contributed by atoms with Crippen molar-refractivity contribution in [3.8, 4) is 0 Å². The van der Waals surface area contributed by atoms with Crippen molar-refractivity contribution in [1.29, 1.82) is 0 Å². The van der Waals surface area contributed by atoms with Gasteiger partial charge in [0.25, 0.3) is 5.56 Å². The van der Waals surface area contributed by atoms with E-state index in [1.165, 1.54) is 24.3 Å². The predicted molar refractivity (Wildman–Crippen MR) is 88.9 cm³/mol. The number of nitrogens with one attached hydrogen (secondary N) is 1. The molecule has 1 aliphatic heterocycles. The minimum absolute atomic E-state index is 0.000214. The van der Waals surface area contributed by atoms with Crippen LogP contribution in [-0.4, -0.2) is 33.4 Å². The van der Waals surface area contributed by atoms with Crippen LogP contribution in [0.2, 0.25) is 0 Å². The smallest absolute Gasteiger partial charge is 0.274 e. The molecule has 0 bridgehead atoms. The molecule has 0 spiro atoms. The Balaban J connectivity index is 1.72. The fourth-order valence-electron chi connectivity index (χ4n) is 2.84. The first-order chi connectivity index (χ1) is 10.2. The lowest BCUT2D eigenvalue weighted by Crippen LogP contribution is -2.43. The van der Waals surface area contributed by atoms with Crippen molar-refractivity contribution >= 4 is 22.5 Å². The highest BCUT2D eigenvalue weighted by Crippen LogP contribution is 2.17. The maximum absolute atomic E-state index is 12.4. The van der Waals surface area contributed by atoms with Gasteiger partial charge in [-0.15, -0.1) is 0 Å². The number of aromatic nitrogens is 2. The van der Waals surface area contributed by atoms with Gasteiger partial charge >= 0.3 is 0 Å². The predicted octanol–water partition coefficient (Wildman–Crippen LogP) is 2.27. The SMILES string of the molecule is C[C@H](Cn1ncc2ccccc2c1=O)N[C@H]1CCCSC1. The maximum Gasteiger partial charge on any atom is 0.274 e. The van der Waals surface area contributed by atoms with Gasteiger partial charge in [0.1, 0.15) is 0 Å². The summed E-state index contributed by atoms with van der Waals surface area (Å²) in [5.41, 5.74) is -0.000214. The summed E-state index contributed by atoms with van der Waals surface area (Å²) in [6.45, 7) is 2.74. The summed E-state index contributed by atoms with van der Waals surface area (Å²) >= 11 is 2.01. The number of hydrogen-bond donors (Lipinski definition) is 1. The second-order valence-electron chi connectivity index (χ2n) is 5.70. The van der Waals surface area contributed by atoms with Gasteiger partial charge in [-0.05, 0) is 31.6 Å². The Morgan fingerprint density at radius 3 is 3.14 bits per heavy atom. The van der Waals surface area contributed by atoms with Crippen molar-refractivity contribution < 1.29 is 0 Å². The molecule has 1 saturated heterocycles. The molecule has 0 unspecified atom stereocenters. The van der Waals surface area contributed by atoms with E-state index >= 15 is 0 Å². The summed E-state index contributed by atoms with van der Waals surface area (Å²) in [4.78, 5) is 12.4. The average molecular weight is 303 g/mol. The van der Waals surface area contributed by atoms with E-state index in [0.717, 1.165) is 10.8 Å². The van der Waals surface area contributed by atoms with Crippen molar-refractivity contribution in [2.45, 2.75) is 38.4 Å². The Labute approximate surface area is 128 Å². The second-order valence-corrected chi connectivity index (χ2v) is 6.85. The quantitative estimate of drug-likeness (QED) is 0.941. The summed E-state index contributed by atoms with van der Waals surface area (Å²) in [6, 6.07) is 8.43. The van der Waals surface area contributed by atoms with Crippen molar-refractivity contribution in [3.63, 3.8) is 0 Å². The molecule has 2 atom stereocenters. The van der Waals surface area contributed by atoms with Crippen LogP contribution in [0.1, 0.15) is 19.8 Å². The Bertz CT molecular complexity index is 664. The Kier molecular flexibility index (Phi) is 4.60. The molecule has 3 rings (SSSR count). The van der Waals surface area contributed by atoms with Crippen molar-refractivity contribution in [2.24, 2.45) is 0 Å². The maximum atomic E-state index is 12.4. The normalized spacial score (nSPS) is 20.5. The zero-order valence-corrected chi connectivity index (χ0v) is 13.1. The fourth-order valence-corrected chi connectivity index (χ4v) is 3.93. The molecule has 0 radical (unpaired) electrons. The molecule has 0 aliphatic carbocycles. The number of rotatable bonds is 4. The zero-order valence-electron chi connectivity index (χ0n) is 12.3. The molecule has 4 nitrogen and oxygen atoms in total. The van der Waals surface area contributed by atoms with E-state index in [4.69, 9.17) is 0 Å². The molecule has 5 heteroatoms. The van der Waals surface area contributed by atoms with Crippen molar-refractivity contribution in [3.05, 3.63) is 40.8 Å². The van der Waals surface area contributed by atoms with Crippen LogP contribution >= 0.6 is 11.8 Å². The highest BCUT2D eigenvalue weighted by molar-refractivity contribution is 7.99. The van der Waals surface area contributed by atoms with Gasteiger partial charge in [0.05, 0.1) is 18.1 Å². The van der Waals surface area contributed by atoms with Crippen LogP contribution in [0, 0.1) is 0 Å². The number of thioether (sulfide) groups is 1. The van der Waals surface area contributed by atoms with Gasteiger partial charge in [-0.3, -0.25) is 4.79 Å². The molecule has 0 saturated carbocycles. The minimum atomic E-state index is -0.000214. The molecular weight excluding hydrogens is 282 g/mol. The molecule has 1 aromatic carbocycles. The van der Waals surface area contributed by atoms with Crippen LogP contribution in [-0.2, 0) is 6.54 Å². The van der Waals surface area contributed by atoms with E-state index in [9.17, 15) is 4.79 Å². The Morgan fingerprint density at radius 1 is 1.48 bits per heavy atom. The summed E-state index contributed by atoms with van der Waals surface area (Å²) in [6.07, 6.45) is 4.29. The molecule has 2 heterocycles. The molecule has 21 heavy (non-hydrogen) atoms. The van der Waals surface area contributed by atoms with E-state index < -0.39 is 0 Å². The largest absolute Gasteiger partial charge is 0.309 e. The fraction of sp³-hybridized carbons (Fsp3) is 0.500. The lowest BCUT2D eigenvalue weighted by molar-refractivity contribution is 0.387. The Morgan fingerprint density at radius 2 is 2.33 bits per heavy atom. The molecular formula is C16H21N3OS. The van der Waals surface area contributed by atoms with Gasteiger partial charge < -0.3 is 5.32 Å². The number of fused-ring (bicyclic) bond motifs is 1. The second kappa shape index (κ2) is 6.62. The molecule has 1 aromatic heterocycles. The van der Waals surface area contributed by atoms with Gasteiger partial charge in [-0.25, -0.2) is 4.68 Å². The van der Waals surface area contributed by atoms with Crippen LogP contribution in [0.25, 0.3) is 10.8 Å². The lowest BCUT2D eigenvalue weighted by Gasteiger charge is -2.26. The van der Waals surface area contributed by atoms with Gasteiger partial charge in [0, 0.05) is 23.2 Å². The number of hydrogen-bond acceptors (Lipinski definition) is 4. The van der Waals surface area contributed by atoms with Crippen LogP contribution in [0.4, 0.5) is 0 Å². The van der Waals surface area contributed by atoms with Crippen LogP contribution < -0.4 is 10.9 Å². The Hall–Kier alpha value is -1.33. The topological polar surface area (TPSA) is 46.9 Å². The summed E-state index contributed by atoms with van der Waals surface area (Å²) in [7, 11) is 0. The third-order valence-corrected chi connectivity index (χ3v) is 5.10. The van der Waals surface area contributed by atoms with Gasteiger partial charge in [-0.1, -0.05) is 18.2 Å². The zero-order chi connectivity index (χ0) is 14.7. The van der Waals surface area contributed by atoms with E-state index in [1.54, 1.807) is 10.9 Å². The summed E-state index contributed by atoms with van der Waals surface area (Å²) in [5, 5.41) is 9.57. The molecule has 1 N–H and O–H groups in total. The van der Waals surface area contributed by atoms with Gasteiger partial charge in [0.2, 0.25) is 0 Å². The summed E-state index contributed by atoms with van der Waals surface area (Å²) < 4.78 is 1.58.